The van der Waals surface area contributed by atoms with E-state index in [2.05, 4.69) is 0 Å². The van der Waals surface area contributed by atoms with E-state index >= 15 is 4.39 Å². The zero-order valence-corrected chi connectivity index (χ0v) is 16.0. The number of benzene rings is 1. The number of rotatable bonds is 3. The molecule has 0 radical (unpaired) electrons. The molecule has 1 aromatic rings. The van der Waals surface area contributed by atoms with Crippen LogP contribution in [0.1, 0.15) is 27.2 Å². The van der Waals surface area contributed by atoms with Crippen molar-refractivity contribution in [2.45, 2.75) is 44.7 Å². The highest BCUT2D eigenvalue weighted by molar-refractivity contribution is 6.32. The number of anilines is 1. The summed E-state index contributed by atoms with van der Waals surface area (Å²) in [5, 5.41) is -1.95. The minimum absolute atomic E-state index is 0.00841. The van der Waals surface area contributed by atoms with E-state index in [0.29, 0.717) is 24.5 Å². The summed E-state index contributed by atoms with van der Waals surface area (Å²) in [4.78, 5) is 12.8. The minimum atomic E-state index is -2.10. The molecule has 0 aliphatic carbocycles. The van der Waals surface area contributed by atoms with Crippen molar-refractivity contribution in [2.75, 3.05) is 18.1 Å². The van der Waals surface area contributed by atoms with E-state index < -0.39 is 28.7 Å². The SMILES string of the molecule is CC(C)(C)C1(Cl)OC(=O)N(c2cc(OC3CCOC3)c(Cl)cc2F)C1F. The summed E-state index contributed by atoms with van der Waals surface area (Å²) >= 11 is 12.3. The average molecular weight is 410 g/mol. The van der Waals surface area contributed by atoms with Crippen LogP contribution in [0.4, 0.5) is 19.3 Å². The Bertz CT molecular complexity index is 721. The summed E-state index contributed by atoms with van der Waals surface area (Å²) in [6.45, 7) is 5.78. The number of alkyl halides is 2. The van der Waals surface area contributed by atoms with Crippen molar-refractivity contribution < 1.29 is 27.8 Å². The third kappa shape index (κ3) is 3.21. The Hall–Kier alpha value is -1.31. The minimum Gasteiger partial charge on any atom is -0.486 e. The molecule has 2 aliphatic heterocycles. The molecule has 0 spiro atoms. The van der Waals surface area contributed by atoms with Crippen LogP contribution in [0.25, 0.3) is 0 Å². The second-order valence-electron chi connectivity index (χ2n) is 7.31. The Morgan fingerprint density at radius 2 is 2.08 bits per heavy atom. The van der Waals surface area contributed by atoms with Crippen molar-refractivity contribution >= 4 is 35.0 Å². The maximum atomic E-state index is 15.1. The van der Waals surface area contributed by atoms with Crippen molar-refractivity contribution in [1.82, 2.24) is 0 Å². The molecule has 0 saturated carbocycles. The summed E-state index contributed by atoms with van der Waals surface area (Å²) in [7, 11) is 0. The van der Waals surface area contributed by atoms with E-state index in [4.69, 9.17) is 37.4 Å². The van der Waals surface area contributed by atoms with Crippen LogP contribution in [0.5, 0.6) is 5.75 Å². The van der Waals surface area contributed by atoms with Crippen molar-refractivity contribution in [1.29, 1.82) is 0 Å². The fourth-order valence-electron chi connectivity index (χ4n) is 2.79. The lowest BCUT2D eigenvalue weighted by atomic mass is 9.87. The second kappa shape index (κ2) is 6.69. The van der Waals surface area contributed by atoms with Gasteiger partial charge in [-0.2, -0.15) is 0 Å². The molecule has 1 aromatic carbocycles. The van der Waals surface area contributed by atoms with Gasteiger partial charge in [0, 0.05) is 17.9 Å². The fourth-order valence-corrected chi connectivity index (χ4v) is 3.15. The maximum absolute atomic E-state index is 15.1. The van der Waals surface area contributed by atoms with Crippen LogP contribution in [-0.4, -0.2) is 36.8 Å². The molecule has 0 bridgehead atoms. The van der Waals surface area contributed by atoms with Gasteiger partial charge in [-0.05, 0) is 6.07 Å². The van der Waals surface area contributed by atoms with Gasteiger partial charge in [0.1, 0.15) is 17.7 Å². The Morgan fingerprint density at radius 3 is 2.62 bits per heavy atom. The number of carbonyl (C=O) groups excluding carboxylic acids is 1. The quantitative estimate of drug-likeness (QED) is 0.527. The molecular formula is C17H19Cl2F2NO4. The molecule has 2 heterocycles. The molecule has 0 aromatic heterocycles. The molecule has 2 fully saturated rings. The molecule has 0 N–H and O–H groups in total. The van der Waals surface area contributed by atoms with E-state index in [9.17, 15) is 9.18 Å². The topological polar surface area (TPSA) is 48.0 Å². The molecule has 3 atom stereocenters. The molecule has 1 amide bonds. The number of ether oxygens (including phenoxy) is 3. The van der Waals surface area contributed by atoms with Crippen LogP contribution in [0.3, 0.4) is 0 Å². The highest BCUT2D eigenvalue weighted by Gasteiger charge is 2.61. The maximum Gasteiger partial charge on any atom is 0.418 e. The number of halogens is 4. The molecule has 5 nitrogen and oxygen atoms in total. The molecule has 3 rings (SSSR count). The van der Waals surface area contributed by atoms with E-state index in [1.807, 2.05) is 0 Å². The second-order valence-corrected chi connectivity index (χ2v) is 8.27. The lowest BCUT2D eigenvalue weighted by molar-refractivity contribution is -0.0106. The van der Waals surface area contributed by atoms with Gasteiger partial charge in [-0.3, -0.25) is 0 Å². The Morgan fingerprint density at radius 1 is 1.38 bits per heavy atom. The highest BCUT2D eigenvalue weighted by atomic mass is 35.5. The first kappa shape index (κ1) is 19.5. The number of amides is 1. The third-order valence-electron chi connectivity index (χ3n) is 4.43. The van der Waals surface area contributed by atoms with Crippen molar-refractivity contribution in [3.63, 3.8) is 0 Å². The van der Waals surface area contributed by atoms with Crippen molar-refractivity contribution in [3.05, 3.63) is 23.0 Å². The molecular weight excluding hydrogens is 391 g/mol. The van der Waals surface area contributed by atoms with Crippen molar-refractivity contribution in [3.8, 4) is 5.75 Å². The van der Waals surface area contributed by atoms with Gasteiger partial charge < -0.3 is 14.2 Å². The summed E-state index contributed by atoms with van der Waals surface area (Å²) in [5.41, 5.74) is -1.28. The summed E-state index contributed by atoms with van der Waals surface area (Å²) in [6.07, 6.45) is -2.79. The summed E-state index contributed by atoms with van der Waals surface area (Å²) in [6, 6.07) is 2.14. The molecule has 26 heavy (non-hydrogen) atoms. The first-order valence-electron chi connectivity index (χ1n) is 8.13. The van der Waals surface area contributed by atoms with Gasteiger partial charge in [0.2, 0.25) is 11.4 Å². The van der Waals surface area contributed by atoms with Gasteiger partial charge >= 0.3 is 6.09 Å². The Balaban J connectivity index is 1.96. The van der Waals surface area contributed by atoms with Crippen LogP contribution < -0.4 is 9.64 Å². The summed E-state index contributed by atoms with van der Waals surface area (Å²) in [5.74, 6) is -0.763. The van der Waals surface area contributed by atoms with Gasteiger partial charge in [-0.25, -0.2) is 18.5 Å². The number of nitrogens with zero attached hydrogens (tertiary/aromatic N) is 1. The van der Waals surface area contributed by atoms with Crippen LogP contribution in [0.2, 0.25) is 5.02 Å². The third-order valence-corrected chi connectivity index (χ3v) is 5.55. The van der Waals surface area contributed by atoms with Crippen LogP contribution in [0.15, 0.2) is 12.1 Å². The predicted octanol–water partition coefficient (Wildman–Crippen LogP) is 4.88. The van der Waals surface area contributed by atoms with E-state index in [1.54, 1.807) is 20.8 Å². The van der Waals surface area contributed by atoms with Gasteiger partial charge in [-0.15, -0.1) is 0 Å². The molecule has 2 saturated heterocycles. The lowest BCUT2D eigenvalue weighted by Gasteiger charge is -2.35. The normalized spacial score (nSPS) is 29.2. The standard InChI is InChI=1S/C17H19Cl2F2NO4/c1-16(2,3)17(19)14(21)22(15(23)26-17)12-7-13(10(18)6-11(12)20)25-9-4-5-24-8-9/h6-7,9,14H,4-5,8H2,1-3H3. The van der Waals surface area contributed by atoms with Gasteiger partial charge in [-0.1, -0.05) is 44.0 Å². The smallest absolute Gasteiger partial charge is 0.418 e. The molecule has 2 aliphatic rings. The van der Waals surface area contributed by atoms with Crippen LogP contribution in [0, 0.1) is 11.2 Å². The van der Waals surface area contributed by atoms with Gasteiger partial charge in [0.15, 0.2) is 0 Å². The number of hydrogen-bond donors (Lipinski definition) is 0. The largest absolute Gasteiger partial charge is 0.486 e. The van der Waals surface area contributed by atoms with Gasteiger partial charge in [0.05, 0.1) is 23.9 Å². The van der Waals surface area contributed by atoms with Crippen LogP contribution >= 0.6 is 23.2 Å². The summed E-state index contributed by atoms with van der Waals surface area (Å²) < 4.78 is 45.5. The van der Waals surface area contributed by atoms with Crippen LogP contribution in [-0.2, 0) is 9.47 Å². The molecule has 9 heteroatoms. The number of carbonyl (C=O) groups is 1. The monoisotopic (exact) mass is 409 g/mol. The Kier molecular flexibility index (Phi) is 5.01. The van der Waals surface area contributed by atoms with E-state index in [0.717, 1.165) is 6.07 Å². The lowest BCUT2D eigenvalue weighted by Crippen LogP contribution is -2.47. The Labute approximate surface area is 160 Å². The zero-order chi connectivity index (χ0) is 19.3. The van der Waals surface area contributed by atoms with E-state index in [1.165, 1.54) is 6.07 Å². The first-order chi connectivity index (χ1) is 12.0. The number of hydrogen-bond acceptors (Lipinski definition) is 4. The average Bonchev–Trinajstić information content (AvgIpc) is 3.10. The zero-order valence-electron chi connectivity index (χ0n) is 14.5. The molecule has 144 valence electrons. The first-order valence-corrected chi connectivity index (χ1v) is 8.89. The molecule has 3 unspecified atom stereocenters. The number of cyclic esters (lactones) is 1. The van der Waals surface area contributed by atoms with E-state index in [-0.39, 0.29) is 22.6 Å². The predicted molar refractivity (Wildman–Crippen MR) is 93.2 cm³/mol. The highest BCUT2D eigenvalue weighted by Crippen LogP contribution is 2.49. The fraction of sp³-hybridized carbons (Fsp3) is 0.588. The van der Waals surface area contributed by atoms with Gasteiger partial charge in [0.25, 0.3) is 0 Å². The van der Waals surface area contributed by atoms with Crippen molar-refractivity contribution in [2.24, 2.45) is 5.41 Å².